The summed E-state index contributed by atoms with van der Waals surface area (Å²) in [5, 5.41) is 3.30. The van der Waals surface area contributed by atoms with Gasteiger partial charge in [-0.05, 0) is 13.0 Å². The van der Waals surface area contributed by atoms with Crippen LogP contribution in [0.1, 0.15) is 6.42 Å². The third kappa shape index (κ3) is 2.16. The van der Waals surface area contributed by atoms with Crippen LogP contribution in [0, 0.1) is 0 Å². The molecule has 1 saturated heterocycles. The molecule has 0 radical (unpaired) electrons. The van der Waals surface area contributed by atoms with E-state index in [4.69, 9.17) is 4.74 Å². The molecule has 0 aromatic carbocycles. The summed E-state index contributed by atoms with van der Waals surface area (Å²) in [6.45, 7) is 3.63. The number of anilines is 1. The van der Waals surface area contributed by atoms with E-state index in [2.05, 4.69) is 20.2 Å². The molecule has 1 aromatic rings. The molecule has 1 aliphatic heterocycles. The first-order valence-corrected chi connectivity index (χ1v) is 5.40. The van der Waals surface area contributed by atoms with Crippen LogP contribution in [0.4, 0.5) is 5.82 Å². The third-order valence-corrected chi connectivity index (χ3v) is 2.64. The molecule has 88 valence electrons. The summed E-state index contributed by atoms with van der Waals surface area (Å²) >= 11 is 0. The van der Waals surface area contributed by atoms with Gasteiger partial charge in [0.15, 0.2) is 5.82 Å². The standard InChI is InChI=1S/C10H16N4O2/c1-16-8-9(12-7-13-10(8)15)14-5-2-3-11-4-6-14/h7,11H,2-6H2,1H3,(H,12,13,15). The van der Waals surface area contributed by atoms with E-state index in [0.717, 1.165) is 32.6 Å². The number of ether oxygens (including phenoxy) is 1. The molecule has 1 aromatic heterocycles. The molecule has 1 fully saturated rings. The molecular weight excluding hydrogens is 208 g/mol. The lowest BCUT2D eigenvalue weighted by atomic mass is 10.3. The second-order valence-corrected chi connectivity index (χ2v) is 3.68. The number of rotatable bonds is 2. The van der Waals surface area contributed by atoms with Crippen LogP contribution < -0.4 is 20.5 Å². The highest BCUT2D eigenvalue weighted by molar-refractivity contribution is 5.50. The van der Waals surface area contributed by atoms with Crippen LogP contribution in [0.3, 0.4) is 0 Å². The topological polar surface area (TPSA) is 70.2 Å². The Balaban J connectivity index is 2.30. The van der Waals surface area contributed by atoms with Crippen molar-refractivity contribution < 1.29 is 4.74 Å². The zero-order valence-corrected chi connectivity index (χ0v) is 9.32. The highest BCUT2D eigenvalue weighted by Crippen LogP contribution is 2.20. The van der Waals surface area contributed by atoms with Crippen LogP contribution in [0.25, 0.3) is 0 Å². The molecule has 0 atom stereocenters. The van der Waals surface area contributed by atoms with Gasteiger partial charge in [0, 0.05) is 19.6 Å². The fourth-order valence-corrected chi connectivity index (χ4v) is 1.84. The largest absolute Gasteiger partial charge is 0.489 e. The van der Waals surface area contributed by atoms with E-state index in [1.165, 1.54) is 13.4 Å². The first kappa shape index (κ1) is 10.9. The number of methoxy groups -OCH3 is 1. The molecule has 0 aliphatic carbocycles. The summed E-state index contributed by atoms with van der Waals surface area (Å²) in [6, 6.07) is 0. The van der Waals surface area contributed by atoms with Crippen LogP contribution in [0.5, 0.6) is 5.75 Å². The van der Waals surface area contributed by atoms with Crippen LogP contribution in [0.2, 0.25) is 0 Å². The molecule has 16 heavy (non-hydrogen) atoms. The molecule has 2 heterocycles. The monoisotopic (exact) mass is 224 g/mol. The summed E-state index contributed by atoms with van der Waals surface area (Å²) in [5.74, 6) is 0.930. The second-order valence-electron chi connectivity index (χ2n) is 3.68. The number of nitrogens with one attached hydrogen (secondary N) is 2. The molecule has 1 aliphatic rings. The van der Waals surface area contributed by atoms with Crippen molar-refractivity contribution in [2.75, 3.05) is 38.2 Å². The predicted molar refractivity (Wildman–Crippen MR) is 61.1 cm³/mol. The Hall–Kier alpha value is -1.56. The average Bonchev–Trinajstić information content (AvgIpc) is 2.57. The van der Waals surface area contributed by atoms with Crippen molar-refractivity contribution in [3.8, 4) is 5.75 Å². The van der Waals surface area contributed by atoms with Crippen LogP contribution in [0.15, 0.2) is 11.1 Å². The van der Waals surface area contributed by atoms with Gasteiger partial charge in [0.05, 0.1) is 13.4 Å². The van der Waals surface area contributed by atoms with E-state index in [1.807, 2.05) is 0 Å². The normalized spacial score (nSPS) is 16.9. The summed E-state index contributed by atoms with van der Waals surface area (Å²) in [5.41, 5.74) is -0.232. The van der Waals surface area contributed by atoms with Crippen LogP contribution in [-0.2, 0) is 0 Å². The highest BCUT2D eigenvalue weighted by Gasteiger charge is 2.17. The van der Waals surface area contributed by atoms with Crippen LogP contribution >= 0.6 is 0 Å². The molecule has 6 nitrogen and oxygen atoms in total. The fourth-order valence-electron chi connectivity index (χ4n) is 1.84. The van der Waals surface area contributed by atoms with Crippen molar-refractivity contribution in [1.82, 2.24) is 15.3 Å². The molecule has 0 unspecified atom stereocenters. The zero-order chi connectivity index (χ0) is 11.4. The minimum atomic E-state index is -0.232. The van der Waals surface area contributed by atoms with Crippen molar-refractivity contribution in [1.29, 1.82) is 0 Å². The smallest absolute Gasteiger partial charge is 0.295 e. The molecule has 6 heteroatoms. The summed E-state index contributed by atoms with van der Waals surface area (Å²) < 4.78 is 5.10. The molecule has 2 rings (SSSR count). The third-order valence-electron chi connectivity index (χ3n) is 2.64. The molecule has 0 bridgehead atoms. The van der Waals surface area contributed by atoms with Gasteiger partial charge in [-0.1, -0.05) is 0 Å². The lowest BCUT2D eigenvalue weighted by Crippen LogP contribution is -2.30. The van der Waals surface area contributed by atoms with Gasteiger partial charge in [0.1, 0.15) is 0 Å². The maximum atomic E-state index is 11.5. The van der Waals surface area contributed by atoms with E-state index in [9.17, 15) is 4.79 Å². The summed E-state index contributed by atoms with van der Waals surface area (Å²) in [7, 11) is 1.49. The lowest BCUT2D eigenvalue weighted by molar-refractivity contribution is 0.405. The molecular formula is C10H16N4O2. The van der Waals surface area contributed by atoms with Gasteiger partial charge in [-0.3, -0.25) is 4.79 Å². The van der Waals surface area contributed by atoms with E-state index in [0.29, 0.717) is 11.6 Å². The zero-order valence-electron chi connectivity index (χ0n) is 9.32. The Morgan fingerprint density at radius 1 is 1.44 bits per heavy atom. The van der Waals surface area contributed by atoms with Gasteiger partial charge in [-0.15, -0.1) is 0 Å². The summed E-state index contributed by atoms with van der Waals surface area (Å²) in [4.78, 5) is 20.3. The van der Waals surface area contributed by atoms with E-state index < -0.39 is 0 Å². The van der Waals surface area contributed by atoms with Crippen molar-refractivity contribution in [2.45, 2.75) is 6.42 Å². The van der Waals surface area contributed by atoms with Crippen LogP contribution in [-0.4, -0.2) is 43.3 Å². The minimum Gasteiger partial charge on any atom is -0.489 e. The van der Waals surface area contributed by atoms with Crippen molar-refractivity contribution in [2.24, 2.45) is 0 Å². The first-order chi connectivity index (χ1) is 7.83. The Morgan fingerprint density at radius 2 is 2.31 bits per heavy atom. The molecule has 2 N–H and O–H groups in total. The number of nitrogens with zero attached hydrogens (tertiary/aromatic N) is 2. The minimum absolute atomic E-state index is 0.232. The second kappa shape index (κ2) is 4.98. The van der Waals surface area contributed by atoms with Crippen molar-refractivity contribution >= 4 is 5.82 Å². The quantitative estimate of drug-likeness (QED) is 0.714. The number of hydrogen-bond donors (Lipinski definition) is 2. The molecule has 0 saturated carbocycles. The van der Waals surface area contributed by atoms with Gasteiger partial charge < -0.3 is 19.9 Å². The number of aromatic amines is 1. The van der Waals surface area contributed by atoms with Gasteiger partial charge in [0.2, 0.25) is 5.75 Å². The SMILES string of the molecule is COc1c(N2CCCNCC2)nc[nH]c1=O. The average molecular weight is 224 g/mol. The first-order valence-electron chi connectivity index (χ1n) is 5.40. The number of H-pyrrole nitrogens is 1. The number of aromatic nitrogens is 2. The van der Waals surface area contributed by atoms with E-state index >= 15 is 0 Å². The van der Waals surface area contributed by atoms with Gasteiger partial charge >= 0.3 is 0 Å². The maximum Gasteiger partial charge on any atom is 0.295 e. The Labute approximate surface area is 93.6 Å². The van der Waals surface area contributed by atoms with Gasteiger partial charge in [-0.2, -0.15) is 0 Å². The van der Waals surface area contributed by atoms with E-state index in [-0.39, 0.29) is 5.56 Å². The fraction of sp³-hybridized carbons (Fsp3) is 0.600. The Bertz CT molecular complexity index is 396. The lowest BCUT2D eigenvalue weighted by Gasteiger charge is -2.22. The number of hydrogen-bond acceptors (Lipinski definition) is 5. The Morgan fingerprint density at radius 3 is 3.12 bits per heavy atom. The predicted octanol–water partition coefficient (Wildman–Crippen LogP) is -0.422. The summed E-state index contributed by atoms with van der Waals surface area (Å²) in [6.07, 6.45) is 2.45. The van der Waals surface area contributed by atoms with Gasteiger partial charge in [0.25, 0.3) is 5.56 Å². The maximum absolute atomic E-state index is 11.5. The van der Waals surface area contributed by atoms with Crippen molar-refractivity contribution in [3.05, 3.63) is 16.7 Å². The Kier molecular flexibility index (Phi) is 3.40. The van der Waals surface area contributed by atoms with Gasteiger partial charge in [-0.25, -0.2) is 4.98 Å². The van der Waals surface area contributed by atoms with E-state index in [1.54, 1.807) is 0 Å². The van der Waals surface area contributed by atoms with Crippen molar-refractivity contribution in [3.63, 3.8) is 0 Å². The molecule has 0 amide bonds. The molecule has 0 spiro atoms. The highest BCUT2D eigenvalue weighted by atomic mass is 16.5.